The van der Waals surface area contributed by atoms with Crippen LogP contribution in [0.5, 0.6) is 5.75 Å². The summed E-state index contributed by atoms with van der Waals surface area (Å²) in [6.45, 7) is 2.09. The van der Waals surface area contributed by atoms with Crippen LogP contribution in [0.2, 0.25) is 0 Å². The van der Waals surface area contributed by atoms with Crippen LogP contribution < -0.4 is 4.74 Å². The van der Waals surface area contributed by atoms with E-state index in [0.717, 1.165) is 17.1 Å². The fourth-order valence-corrected chi connectivity index (χ4v) is 3.02. The van der Waals surface area contributed by atoms with Crippen LogP contribution in [0.1, 0.15) is 27.0 Å². The van der Waals surface area contributed by atoms with E-state index in [-0.39, 0.29) is 5.56 Å². The van der Waals surface area contributed by atoms with Crippen LogP contribution in [-0.2, 0) is 11.5 Å². The number of rotatable bonds is 6. The Balaban J connectivity index is 1.99. The molecule has 0 aliphatic carbocycles. The molecule has 2 rings (SSSR count). The number of hydrogen-bond donors (Lipinski definition) is 1. The monoisotopic (exact) mass is 302 g/mol. The molecule has 3 nitrogen and oxygen atoms in total. The Hall–Kier alpha value is -1.94. The molecule has 2 aromatic rings. The van der Waals surface area contributed by atoms with Crippen molar-refractivity contribution in [3.8, 4) is 5.75 Å². The molecule has 21 heavy (non-hydrogen) atoms. The minimum atomic E-state index is -0.967. The van der Waals surface area contributed by atoms with Crippen molar-refractivity contribution in [2.24, 2.45) is 0 Å². The quantitative estimate of drug-likeness (QED) is 0.871. The van der Waals surface area contributed by atoms with E-state index >= 15 is 0 Å². The highest BCUT2D eigenvalue weighted by Crippen LogP contribution is 2.24. The van der Waals surface area contributed by atoms with Crippen molar-refractivity contribution in [2.45, 2.75) is 18.4 Å². The van der Waals surface area contributed by atoms with Gasteiger partial charge in [-0.15, -0.1) is 0 Å². The number of carbonyl (C=O) groups is 1. The lowest BCUT2D eigenvalue weighted by Crippen LogP contribution is -2.01. The lowest BCUT2D eigenvalue weighted by atomic mass is 10.1. The summed E-state index contributed by atoms with van der Waals surface area (Å²) in [5.41, 5.74) is 3.83. The molecule has 0 spiro atoms. The molecule has 0 fully saturated rings. The fraction of sp³-hybridized carbons (Fsp3) is 0.235. The molecule has 0 unspecified atom stereocenters. The second kappa shape index (κ2) is 7.18. The van der Waals surface area contributed by atoms with Gasteiger partial charge in [-0.1, -0.05) is 35.9 Å². The predicted molar refractivity (Wildman–Crippen MR) is 86.1 cm³/mol. The van der Waals surface area contributed by atoms with E-state index in [1.54, 1.807) is 23.9 Å². The lowest BCUT2D eigenvalue weighted by molar-refractivity contribution is 0.0693. The molecule has 2 aromatic carbocycles. The SMILES string of the molecule is COc1cc(CSCc2cccc(C)c2)ccc1C(=O)O. The van der Waals surface area contributed by atoms with Crippen molar-refractivity contribution in [3.63, 3.8) is 0 Å². The second-order valence-corrected chi connectivity index (χ2v) is 5.81. The number of carboxylic acid groups (broad SMARTS) is 1. The van der Waals surface area contributed by atoms with Gasteiger partial charge >= 0.3 is 5.97 Å². The van der Waals surface area contributed by atoms with Gasteiger partial charge in [-0.2, -0.15) is 11.8 Å². The zero-order chi connectivity index (χ0) is 15.2. The third kappa shape index (κ3) is 4.26. The van der Waals surface area contributed by atoms with Gasteiger partial charge in [0, 0.05) is 11.5 Å². The van der Waals surface area contributed by atoms with Gasteiger partial charge in [0.15, 0.2) is 0 Å². The van der Waals surface area contributed by atoms with Gasteiger partial charge < -0.3 is 9.84 Å². The van der Waals surface area contributed by atoms with Crippen LogP contribution in [-0.4, -0.2) is 18.2 Å². The Morgan fingerprint density at radius 1 is 1.14 bits per heavy atom. The summed E-state index contributed by atoms with van der Waals surface area (Å²) in [6.07, 6.45) is 0. The Morgan fingerprint density at radius 2 is 1.86 bits per heavy atom. The van der Waals surface area contributed by atoms with E-state index in [1.165, 1.54) is 18.2 Å². The van der Waals surface area contributed by atoms with Crippen molar-refractivity contribution in [1.29, 1.82) is 0 Å². The van der Waals surface area contributed by atoms with E-state index in [9.17, 15) is 4.79 Å². The van der Waals surface area contributed by atoms with Crippen molar-refractivity contribution in [2.75, 3.05) is 7.11 Å². The summed E-state index contributed by atoms with van der Waals surface area (Å²) in [5, 5.41) is 9.05. The summed E-state index contributed by atoms with van der Waals surface area (Å²) in [4.78, 5) is 11.0. The zero-order valence-electron chi connectivity index (χ0n) is 12.1. The number of thioether (sulfide) groups is 1. The molecule has 0 amide bonds. The number of methoxy groups -OCH3 is 1. The second-order valence-electron chi connectivity index (χ2n) is 4.82. The largest absolute Gasteiger partial charge is 0.496 e. The van der Waals surface area contributed by atoms with E-state index in [0.29, 0.717) is 5.75 Å². The first-order valence-electron chi connectivity index (χ1n) is 6.63. The molecule has 110 valence electrons. The van der Waals surface area contributed by atoms with Crippen LogP contribution in [0.3, 0.4) is 0 Å². The molecule has 0 atom stereocenters. The summed E-state index contributed by atoms with van der Waals surface area (Å²) in [5.74, 6) is 1.21. The van der Waals surface area contributed by atoms with E-state index in [2.05, 4.69) is 31.2 Å². The highest BCUT2D eigenvalue weighted by Gasteiger charge is 2.11. The first-order valence-corrected chi connectivity index (χ1v) is 7.79. The maximum absolute atomic E-state index is 11.0. The van der Waals surface area contributed by atoms with Gasteiger partial charge in [-0.05, 0) is 30.2 Å². The molecule has 0 aromatic heterocycles. The number of benzene rings is 2. The summed E-state index contributed by atoms with van der Waals surface area (Å²) in [7, 11) is 1.49. The first-order chi connectivity index (χ1) is 10.1. The smallest absolute Gasteiger partial charge is 0.339 e. The summed E-state index contributed by atoms with van der Waals surface area (Å²) >= 11 is 1.80. The predicted octanol–water partition coefficient (Wildman–Crippen LogP) is 4.14. The fourth-order valence-electron chi connectivity index (χ4n) is 2.09. The normalized spacial score (nSPS) is 10.4. The Labute approximate surface area is 129 Å². The minimum absolute atomic E-state index is 0.199. The van der Waals surface area contributed by atoms with Crippen LogP contribution in [0.4, 0.5) is 0 Å². The average Bonchev–Trinajstić information content (AvgIpc) is 2.47. The van der Waals surface area contributed by atoms with Gasteiger partial charge in [0.05, 0.1) is 7.11 Å². The molecule has 4 heteroatoms. The number of carboxylic acids is 1. The molecule has 0 radical (unpaired) electrons. The highest BCUT2D eigenvalue weighted by molar-refractivity contribution is 7.97. The number of aromatic carboxylic acids is 1. The molecule has 0 aliphatic rings. The minimum Gasteiger partial charge on any atom is -0.496 e. The maximum Gasteiger partial charge on any atom is 0.339 e. The molecular weight excluding hydrogens is 284 g/mol. The molecule has 0 heterocycles. The summed E-state index contributed by atoms with van der Waals surface area (Å²) in [6, 6.07) is 13.7. The lowest BCUT2D eigenvalue weighted by Gasteiger charge is -2.08. The average molecular weight is 302 g/mol. The Morgan fingerprint density at radius 3 is 2.48 bits per heavy atom. The third-order valence-electron chi connectivity index (χ3n) is 3.12. The van der Waals surface area contributed by atoms with Crippen molar-refractivity contribution >= 4 is 17.7 Å². The molecule has 0 saturated heterocycles. The molecular formula is C17H18O3S. The van der Waals surface area contributed by atoms with E-state index < -0.39 is 5.97 Å². The van der Waals surface area contributed by atoms with Crippen molar-refractivity contribution in [3.05, 3.63) is 64.7 Å². The van der Waals surface area contributed by atoms with Gasteiger partial charge in [-0.25, -0.2) is 4.79 Å². The third-order valence-corrected chi connectivity index (χ3v) is 4.19. The number of hydrogen-bond acceptors (Lipinski definition) is 3. The van der Waals surface area contributed by atoms with Crippen molar-refractivity contribution in [1.82, 2.24) is 0 Å². The number of ether oxygens (including phenoxy) is 1. The zero-order valence-corrected chi connectivity index (χ0v) is 12.9. The maximum atomic E-state index is 11.0. The summed E-state index contributed by atoms with van der Waals surface area (Å²) < 4.78 is 5.14. The van der Waals surface area contributed by atoms with E-state index in [4.69, 9.17) is 9.84 Å². The highest BCUT2D eigenvalue weighted by atomic mass is 32.2. The van der Waals surface area contributed by atoms with Crippen molar-refractivity contribution < 1.29 is 14.6 Å². The molecule has 0 saturated carbocycles. The van der Waals surface area contributed by atoms with Gasteiger partial charge in [0.2, 0.25) is 0 Å². The van der Waals surface area contributed by atoms with Crippen LogP contribution >= 0.6 is 11.8 Å². The van der Waals surface area contributed by atoms with Crippen LogP contribution in [0.15, 0.2) is 42.5 Å². The van der Waals surface area contributed by atoms with E-state index in [1.807, 2.05) is 6.07 Å². The molecule has 1 N–H and O–H groups in total. The van der Waals surface area contributed by atoms with Gasteiger partial charge in [-0.3, -0.25) is 0 Å². The standard InChI is InChI=1S/C17H18O3S/c1-12-4-3-5-13(8-12)10-21-11-14-6-7-15(17(18)19)16(9-14)20-2/h3-9H,10-11H2,1-2H3,(H,18,19). The topological polar surface area (TPSA) is 46.5 Å². The Kier molecular flexibility index (Phi) is 5.28. The first kappa shape index (κ1) is 15.4. The van der Waals surface area contributed by atoms with Crippen LogP contribution in [0.25, 0.3) is 0 Å². The van der Waals surface area contributed by atoms with Gasteiger partial charge in [0.1, 0.15) is 11.3 Å². The Bertz CT molecular complexity index is 638. The molecule has 0 bridgehead atoms. The van der Waals surface area contributed by atoms with Gasteiger partial charge in [0.25, 0.3) is 0 Å². The molecule has 0 aliphatic heterocycles. The number of aryl methyl sites for hydroxylation is 1. The van der Waals surface area contributed by atoms with Crippen LogP contribution in [0, 0.1) is 6.92 Å².